The lowest BCUT2D eigenvalue weighted by Crippen LogP contribution is -2.44. The molecule has 2 rings (SSSR count). The number of carbonyl (C=O) groups excluding carboxylic acids is 1. The lowest BCUT2D eigenvalue weighted by molar-refractivity contribution is -0.127. The van der Waals surface area contributed by atoms with E-state index in [0.29, 0.717) is 11.8 Å². The van der Waals surface area contributed by atoms with Gasteiger partial charge in [0, 0.05) is 11.0 Å². The largest absolute Gasteiger partial charge is 0.338 e. The van der Waals surface area contributed by atoms with Crippen LogP contribution in [0.1, 0.15) is 37.9 Å². The number of piperidine rings is 1. The number of nitrogens with zero attached hydrogens (tertiary/aromatic N) is 1. The average Bonchev–Trinajstić information content (AvgIpc) is 2.71. The van der Waals surface area contributed by atoms with Crippen LogP contribution < -0.4 is 10.6 Å². The Balaban J connectivity index is 2.07. The van der Waals surface area contributed by atoms with Crippen molar-refractivity contribution in [2.24, 2.45) is 11.3 Å². The Hall–Kier alpha value is -1.36. The van der Waals surface area contributed by atoms with Crippen molar-refractivity contribution in [3.05, 3.63) is 11.3 Å². The number of anilines is 1. The van der Waals surface area contributed by atoms with Crippen LogP contribution in [0.4, 0.5) is 5.88 Å². The molecule has 1 aliphatic rings. The van der Waals surface area contributed by atoms with Crippen LogP contribution >= 0.6 is 0 Å². The Morgan fingerprint density at radius 3 is 2.74 bits per heavy atom. The van der Waals surface area contributed by atoms with E-state index in [1.54, 1.807) is 0 Å². The van der Waals surface area contributed by atoms with Gasteiger partial charge in [0.25, 0.3) is 0 Å². The molecular weight excluding hydrogens is 242 g/mol. The Morgan fingerprint density at radius 2 is 2.21 bits per heavy atom. The fraction of sp³-hybridized carbons (Fsp3) is 0.714. The van der Waals surface area contributed by atoms with E-state index < -0.39 is 5.41 Å². The monoisotopic (exact) mass is 265 g/mol. The smallest absolute Gasteiger partial charge is 0.234 e. The van der Waals surface area contributed by atoms with Gasteiger partial charge in [-0.3, -0.25) is 10.1 Å². The molecule has 1 unspecified atom stereocenters. The third-order valence-corrected chi connectivity index (χ3v) is 4.29. The van der Waals surface area contributed by atoms with Gasteiger partial charge < -0.3 is 9.84 Å². The summed E-state index contributed by atoms with van der Waals surface area (Å²) in [6.07, 6.45) is 2.21. The third-order valence-electron chi connectivity index (χ3n) is 4.29. The summed E-state index contributed by atoms with van der Waals surface area (Å²) in [6.45, 7) is 9.71. The lowest BCUT2D eigenvalue weighted by atomic mass is 9.74. The van der Waals surface area contributed by atoms with Gasteiger partial charge in [0.05, 0.1) is 5.69 Å². The summed E-state index contributed by atoms with van der Waals surface area (Å²) in [6, 6.07) is 0. The molecule has 0 bridgehead atoms. The molecule has 106 valence electrons. The fourth-order valence-corrected chi connectivity index (χ4v) is 2.45. The molecule has 2 heterocycles. The molecule has 0 radical (unpaired) electrons. The highest BCUT2D eigenvalue weighted by atomic mass is 16.5. The standard InChI is InChI=1S/C14H23N3O2/c1-9-10(2)17-19-12(9)16-13(18)14(3,4)11-6-5-7-15-8-11/h11,15H,5-8H2,1-4H3,(H,16,18). The van der Waals surface area contributed by atoms with E-state index in [0.717, 1.165) is 37.2 Å². The maximum atomic E-state index is 12.5. The zero-order chi connectivity index (χ0) is 14.0. The Bertz CT molecular complexity index is 459. The van der Waals surface area contributed by atoms with Gasteiger partial charge in [-0.15, -0.1) is 0 Å². The van der Waals surface area contributed by atoms with Crippen molar-refractivity contribution in [2.45, 2.75) is 40.5 Å². The highest BCUT2D eigenvalue weighted by Crippen LogP contribution is 2.33. The van der Waals surface area contributed by atoms with E-state index in [1.807, 2.05) is 27.7 Å². The lowest BCUT2D eigenvalue weighted by Gasteiger charge is -2.35. The molecule has 1 aromatic rings. The molecule has 5 heteroatoms. The summed E-state index contributed by atoms with van der Waals surface area (Å²) in [7, 11) is 0. The first-order valence-electron chi connectivity index (χ1n) is 6.88. The highest BCUT2D eigenvalue weighted by molar-refractivity contribution is 5.94. The van der Waals surface area contributed by atoms with Crippen LogP contribution in [0.2, 0.25) is 0 Å². The molecular formula is C14H23N3O2. The van der Waals surface area contributed by atoms with Crippen molar-refractivity contribution < 1.29 is 9.32 Å². The number of nitrogens with one attached hydrogen (secondary N) is 2. The molecule has 1 saturated heterocycles. The Labute approximate surface area is 114 Å². The van der Waals surface area contributed by atoms with Gasteiger partial charge in [-0.25, -0.2) is 0 Å². The first kappa shape index (κ1) is 14.1. The first-order chi connectivity index (χ1) is 8.93. The van der Waals surface area contributed by atoms with E-state index in [9.17, 15) is 4.79 Å². The minimum absolute atomic E-state index is 0.000417. The number of hydrogen-bond donors (Lipinski definition) is 2. The number of carbonyl (C=O) groups is 1. The average molecular weight is 265 g/mol. The second kappa shape index (κ2) is 5.33. The van der Waals surface area contributed by atoms with Crippen LogP contribution in [-0.4, -0.2) is 24.2 Å². The molecule has 2 N–H and O–H groups in total. The van der Waals surface area contributed by atoms with Gasteiger partial charge in [-0.1, -0.05) is 19.0 Å². The van der Waals surface area contributed by atoms with Crippen molar-refractivity contribution in [1.29, 1.82) is 0 Å². The predicted octanol–water partition coefficient (Wildman–Crippen LogP) is 2.26. The van der Waals surface area contributed by atoms with Crippen LogP contribution in [-0.2, 0) is 4.79 Å². The van der Waals surface area contributed by atoms with Crippen molar-refractivity contribution in [3.63, 3.8) is 0 Å². The Morgan fingerprint density at radius 1 is 1.47 bits per heavy atom. The molecule has 1 aromatic heterocycles. The van der Waals surface area contributed by atoms with Crippen LogP contribution in [0.15, 0.2) is 4.52 Å². The van der Waals surface area contributed by atoms with Gasteiger partial charge in [-0.05, 0) is 45.7 Å². The summed E-state index contributed by atoms with van der Waals surface area (Å²) in [5.41, 5.74) is 1.29. The van der Waals surface area contributed by atoms with Crippen LogP contribution in [0.5, 0.6) is 0 Å². The predicted molar refractivity (Wildman–Crippen MR) is 74.0 cm³/mol. The topological polar surface area (TPSA) is 67.2 Å². The summed E-state index contributed by atoms with van der Waals surface area (Å²) in [4.78, 5) is 12.5. The quantitative estimate of drug-likeness (QED) is 0.879. The van der Waals surface area contributed by atoms with Crippen molar-refractivity contribution in [1.82, 2.24) is 10.5 Å². The number of amides is 1. The second-order valence-corrected chi connectivity index (χ2v) is 5.94. The van der Waals surface area contributed by atoms with E-state index in [1.165, 1.54) is 0 Å². The number of hydrogen-bond acceptors (Lipinski definition) is 4. The van der Waals surface area contributed by atoms with Gasteiger partial charge in [0.1, 0.15) is 0 Å². The summed E-state index contributed by atoms with van der Waals surface area (Å²) < 4.78 is 5.15. The first-order valence-corrected chi connectivity index (χ1v) is 6.88. The third kappa shape index (κ3) is 2.81. The maximum absolute atomic E-state index is 12.5. The SMILES string of the molecule is Cc1noc(NC(=O)C(C)(C)C2CCCNC2)c1C. The minimum atomic E-state index is -0.416. The maximum Gasteiger partial charge on any atom is 0.234 e. The highest BCUT2D eigenvalue weighted by Gasteiger charge is 2.37. The molecule has 0 spiro atoms. The van der Waals surface area contributed by atoms with Gasteiger partial charge >= 0.3 is 0 Å². The molecule has 0 aliphatic carbocycles. The molecule has 1 atom stereocenters. The molecule has 0 aromatic carbocycles. The van der Waals surface area contributed by atoms with Crippen molar-refractivity contribution in [3.8, 4) is 0 Å². The molecule has 1 fully saturated rings. The van der Waals surface area contributed by atoms with Crippen LogP contribution in [0.25, 0.3) is 0 Å². The zero-order valence-electron chi connectivity index (χ0n) is 12.2. The van der Waals surface area contributed by atoms with Crippen molar-refractivity contribution in [2.75, 3.05) is 18.4 Å². The molecule has 0 saturated carbocycles. The molecule has 1 aliphatic heterocycles. The number of rotatable bonds is 3. The number of aromatic nitrogens is 1. The van der Waals surface area contributed by atoms with Gasteiger partial charge in [-0.2, -0.15) is 0 Å². The van der Waals surface area contributed by atoms with Gasteiger partial charge in [0.15, 0.2) is 0 Å². The fourth-order valence-electron chi connectivity index (χ4n) is 2.45. The molecule has 1 amide bonds. The normalized spacial score (nSPS) is 20.3. The molecule has 5 nitrogen and oxygen atoms in total. The Kier molecular flexibility index (Phi) is 3.94. The van der Waals surface area contributed by atoms with Gasteiger partial charge in [0.2, 0.25) is 11.8 Å². The summed E-state index contributed by atoms with van der Waals surface area (Å²) >= 11 is 0. The summed E-state index contributed by atoms with van der Waals surface area (Å²) in [5, 5.41) is 10.1. The van der Waals surface area contributed by atoms with E-state index in [4.69, 9.17) is 4.52 Å². The van der Waals surface area contributed by atoms with Crippen LogP contribution in [0, 0.1) is 25.2 Å². The minimum Gasteiger partial charge on any atom is -0.338 e. The van der Waals surface area contributed by atoms with E-state index in [2.05, 4.69) is 15.8 Å². The number of aryl methyl sites for hydroxylation is 1. The van der Waals surface area contributed by atoms with Crippen LogP contribution in [0.3, 0.4) is 0 Å². The van der Waals surface area contributed by atoms with Crippen molar-refractivity contribution >= 4 is 11.8 Å². The summed E-state index contributed by atoms with van der Waals surface area (Å²) in [5.74, 6) is 0.824. The molecule has 19 heavy (non-hydrogen) atoms. The zero-order valence-corrected chi connectivity index (χ0v) is 12.2. The van der Waals surface area contributed by atoms with E-state index >= 15 is 0 Å². The second-order valence-electron chi connectivity index (χ2n) is 5.94. The van der Waals surface area contributed by atoms with E-state index in [-0.39, 0.29) is 5.91 Å².